The third-order valence-electron chi connectivity index (χ3n) is 3.59. The van der Waals surface area contributed by atoms with Crippen LogP contribution in [0.5, 0.6) is 0 Å². The maximum atomic E-state index is 12.4. The van der Waals surface area contributed by atoms with Crippen molar-refractivity contribution in [1.82, 2.24) is 0 Å². The monoisotopic (exact) mass is 395 g/mol. The molecule has 1 N–H and O–H groups in total. The predicted octanol–water partition coefficient (Wildman–Crippen LogP) is 3.32. The zero-order valence-electron chi connectivity index (χ0n) is 14.2. The minimum atomic E-state index is -3.60. The number of anilines is 1. The zero-order chi connectivity index (χ0) is 19.3. The van der Waals surface area contributed by atoms with Crippen molar-refractivity contribution in [2.75, 3.05) is 11.1 Å². The second-order valence-corrected chi connectivity index (χ2v) is 8.13. The molecule has 0 aliphatic rings. The molecule has 0 bridgehead atoms. The first kappa shape index (κ1) is 19.9. The summed E-state index contributed by atoms with van der Waals surface area (Å²) in [5, 5.41) is 3.11. The summed E-state index contributed by atoms with van der Waals surface area (Å²) >= 11 is 5.78. The number of carbonyl (C=O) groups excluding carboxylic acids is 2. The van der Waals surface area contributed by atoms with E-state index in [2.05, 4.69) is 5.32 Å². The van der Waals surface area contributed by atoms with Crippen molar-refractivity contribution in [3.8, 4) is 0 Å². The van der Waals surface area contributed by atoms with Crippen molar-refractivity contribution in [3.05, 3.63) is 59.1 Å². The summed E-state index contributed by atoms with van der Waals surface area (Å²) in [5.74, 6) is -1.57. The SMILES string of the molecule is CCS(=O)(=O)c1ccccc1C(=O)OC(C)C(=O)Nc1ccc(Cl)cc1. The van der Waals surface area contributed by atoms with Crippen LogP contribution in [0.3, 0.4) is 0 Å². The molecular formula is C18H18ClNO5S. The number of hydrogen-bond acceptors (Lipinski definition) is 5. The number of ether oxygens (including phenoxy) is 1. The molecule has 0 saturated carbocycles. The molecule has 8 heteroatoms. The van der Waals surface area contributed by atoms with E-state index in [1.165, 1.54) is 38.1 Å². The van der Waals surface area contributed by atoms with Crippen molar-refractivity contribution in [2.24, 2.45) is 0 Å². The highest BCUT2D eigenvalue weighted by Crippen LogP contribution is 2.19. The summed E-state index contributed by atoms with van der Waals surface area (Å²) in [5.41, 5.74) is 0.400. The lowest BCUT2D eigenvalue weighted by Crippen LogP contribution is -2.30. The van der Waals surface area contributed by atoms with E-state index < -0.39 is 27.8 Å². The van der Waals surface area contributed by atoms with Gasteiger partial charge in [0, 0.05) is 10.7 Å². The van der Waals surface area contributed by atoms with Crippen molar-refractivity contribution >= 4 is 39.0 Å². The first-order chi connectivity index (χ1) is 12.2. The number of hydrogen-bond donors (Lipinski definition) is 1. The first-order valence-electron chi connectivity index (χ1n) is 7.84. The lowest BCUT2D eigenvalue weighted by Gasteiger charge is -2.15. The molecule has 0 aliphatic heterocycles. The number of rotatable bonds is 6. The minimum absolute atomic E-state index is 0.0968. The number of amides is 1. The molecule has 1 atom stereocenters. The Balaban J connectivity index is 2.12. The first-order valence-corrected chi connectivity index (χ1v) is 9.87. The predicted molar refractivity (Wildman–Crippen MR) is 99.1 cm³/mol. The average Bonchev–Trinajstić information content (AvgIpc) is 2.63. The Labute approximate surface area is 157 Å². The molecule has 1 amide bonds. The molecule has 2 rings (SSSR count). The van der Waals surface area contributed by atoms with Gasteiger partial charge in [-0.25, -0.2) is 13.2 Å². The molecule has 0 aromatic heterocycles. The molecule has 138 valence electrons. The number of esters is 1. The molecule has 26 heavy (non-hydrogen) atoms. The van der Waals surface area contributed by atoms with Crippen molar-refractivity contribution in [3.63, 3.8) is 0 Å². The molecule has 2 aromatic carbocycles. The summed E-state index contributed by atoms with van der Waals surface area (Å²) in [4.78, 5) is 24.4. The molecule has 0 aliphatic carbocycles. The zero-order valence-corrected chi connectivity index (χ0v) is 15.8. The lowest BCUT2D eigenvalue weighted by atomic mass is 10.2. The van der Waals surface area contributed by atoms with E-state index in [0.29, 0.717) is 10.7 Å². The fourth-order valence-electron chi connectivity index (χ4n) is 2.12. The van der Waals surface area contributed by atoms with Gasteiger partial charge in [0.1, 0.15) is 0 Å². The highest BCUT2D eigenvalue weighted by Gasteiger charge is 2.25. The van der Waals surface area contributed by atoms with Gasteiger partial charge in [-0.3, -0.25) is 4.79 Å². The van der Waals surface area contributed by atoms with Crippen LogP contribution < -0.4 is 5.32 Å². The Morgan fingerprint density at radius 3 is 2.35 bits per heavy atom. The summed E-state index contributed by atoms with van der Waals surface area (Å²) in [6, 6.07) is 12.2. The van der Waals surface area contributed by atoms with Crippen LogP contribution in [-0.4, -0.2) is 32.2 Å². The van der Waals surface area contributed by atoms with Gasteiger partial charge in [0.2, 0.25) is 0 Å². The number of benzene rings is 2. The van der Waals surface area contributed by atoms with Gasteiger partial charge in [0.25, 0.3) is 5.91 Å². The summed E-state index contributed by atoms with van der Waals surface area (Å²) < 4.78 is 29.4. The molecule has 0 radical (unpaired) electrons. The Kier molecular flexibility index (Phi) is 6.39. The van der Waals surface area contributed by atoms with E-state index in [1.54, 1.807) is 24.3 Å². The number of nitrogens with one attached hydrogen (secondary N) is 1. The molecule has 2 aromatic rings. The van der Waals surface area contributed by atoms with Gasteiger partial charge >= 0.3 is 5.97 Å². The van der Waals surface area contributed by atoms with Crippen LogP contribution in [0.25, 0.3) is 0 Å². The lowest BCUT2D eigenvalue weighted by molar-refractivity contribution is -0.123. The van der Waals surface area contributed by atoms with Gasteiger partial charge in [0.15, 0.2) is 15.9 Å². The third-order valence-corrected chi connectivity index (χ3v) is 5.63. The highest BCUT2D eigenvalue weighted by molar-refractivity contribution is 7.91. The molecule has 0 fully saturated rings. The quantitative estimate of drug-likeness (QED) is 0.758. The second-order valence-electron chi connectivity index (χ2n) is 5.44. The third kappa shape index (κ3) is 4.83. The van der Waals surface area contributed by atoms with E-state index in [-0.39, 0.29) is 16.2 Å². The summed E-state index contributed by atoms with van der Waals surface area (Å²) in [7, 11) is -3.60. The van der Waals surface area contributed by atoms with Gasteiger partial charge in [-0.1, -0.05) is 30.7 Å². The highest BCUT2D eigenvalue weighted by atomic mass is 35.5. The molecule has 1 unspecified atom stereocenters. The Hall–Kier alpha value is -2.38. The number of sulfone groups is 1. The summed E-state index contributed by atoms with van der Waals surface area (Å²) in [6.45, 7) is 2.89. The minimum Gasteiger partial charge on any atom is -0.449 e. The van der Waals surface area contributed by atoms with Crippen molar-refractivity contribution < 1.29 is 22.7 Å². The van der Waals surface area contributed by atoms with E-state index in [9.17, 15) is 18.0 Å². The maximum absolute atomic E-state index is 12.4. The normalized spacial score (nSPS) is 12.3. The molecule has 0 heterocycles. The second kappa shape index (κ2) is 8.33. The van der Waals surface area contributed by atoms with E-state index in [0.717, 1.165) is 0 Å². The standard InChI is InChI=1S/C18H18ClNO5S/c1-3-26(23,24)16-7-5-4-6-15(16)18(22)25-12(2)17(21)20-14-10-8-13(19)9-11-14/h4-12H,3H2,1-2H3,(H,20,21). The van der Waals surface area contributed by atoms with Crippen molar-refractivity contribution in [2.45, 2.75) is 24.8 Å². The van der Waals surface area contributed by atoms with Crippen LogP contribution in [-0.2, 0) is 19.4 Å². The van der Waals surface area contributed by atoms with Gasteiger partial charge in [-0.05, 0) is 43.3 Å². The number of halogens is 1. The van der Waals surface area contributed by atoms with E-state index >= 15 is 0 Å². The van der Waals surface area contributed by atoms with E-state index in [4.69, 9.17) is 16.3 Å². The van der Waals surface area contributed by atoms with Gasteiger partial charge in [-0.2, -0.15) is 0 Å². The maximum Gasteiger partial charge on any atom is 0.340 e. The molecular weight excluding hydrogens is 378 g/mol. The molecule has 0 spiro atoms. The van der Waals surface area contributed by atoms with Crippen LogP contribution in [0.4, 0.5) is 5.69 Å². The van der Waals surface area contributed by atoms with E-state index in [1.807, 2.05) is 0 Å². The number of carbonyl (C=O) groups is 2. The topological polar surface area (TPSA) is 89.5 Å². The van der Waals surface area contributed by atoms with Crippen LogP contribution in [0.15, 0.2) is 53.4 Å². The van der Waals surface area contributed by atoms with Gasteiger partial charge < -0.3 is 10.1 Å². The van der Waals surface area contributed by atoms with Gasteiger partial charge in [-0.15, -0.1) is 0 Å². The Bertz CT molecular complexity index is 909. The molecule has 6 nitrogen and oxygen atoms in total. The van der Waals surface area contributed by atoms with Crippen LogP contribution in [0, 0.1) is 0 Å². The van der Waals surface area contributed by atoms with Crippen LogP contribution in [0.1, 0.15) is 24.2 Å². The Morgan fingerprint density at radius 2 is 1.73 bits per heavy atom. The fourth-order valence-corrected chi connectivity index (χ4v) is 3.33. The van der Waals surface area contributed by atoms with Crippen LogP contribution in [0.2, 0.25) is 5.02 Å². The fraction of sp³-hybridized carbons (Fsp3) is 0.222. The van der Waals surface area contributed by atoms with Crippen LogP contribution >= 0.6 is 11.6 Å². The largest absolute Gasteiger partial charge is 0.449 e. The van der Waals surface area contributed by atoms with Crippen molar-refractivity contribution in [1.29, 1.82) is 0 Å². The Morgan fingerprint density at radius 1 is 1.12 bits per heavy atom. The average molecular weight is 396 g/mol. The summed E-state index contributed by atoms with van der Waals surface area (Å²) in [6.07, 6.45) is -1.12. The molecule has 0 saturated heterocycles. The smallest absolute Gasteiger partial charge is 0.340 e. The van der Waals surface area contributed by atoms with Gasteiger partial charge in [0.05, 0.1) is 16.2 Å².